The number of aliphatic carboxylic acids is 1. The van der Waals surface area contributed by atoms with E-state index in [4.69, 9.17) is 5.11 Å². The maximum absolute atomic E-state index is 11.1. The van der Waals surface area contributed by atoms with Gasteiger partial charge in [-0.3, -0.25) is 4.79 Å². The number of nitrogens with one attached hydrogen (secondary N) is 1. The van der Waals surface area contributed by atoms with E-state index in [-0.39, 0.29) is 6.04 Å². The molecule has 1 fully saturated rings. The number of carboxylic acid groups (broad SMARTS) is 1. The standard InChI is InChI=1S/C13H26N2O2/c1-11(2)14-12(13(16)17)7-10-15-8-5-3-4-6-9-15/h11-12,14H,3-10H2,1-2H3,(H,16,17). The second-order valence-electron chi connectivity index (χ2n) is 5.26. The van der Waals surface area contributed by atoms with Crippen molar-refractivity contribution in [2.24, 2.45) is 0 Å². The van der Waals surface area contributed by atoms with Gasteiger partial charge in [0.15, 0.2) is 0 Å². The lowest BCUT2D eigenvalue weighted by Gasteiger charge is -2.23. The molecule has 0 bridgehead atoms. The monoisotopic (exact) mass is 242 g/mol. The molecule has 0 aromatic heterocycles. The number of nitrogens with zero attached hydrogens (tertiary/aromatic N) is 1. The summed E-state index contributed by atoms with van der Waals surface area (Å²) in [5, 5.41) is 12.2. The van der Waals surface area contributed by atoms with Crippen molar-refractivity contribution in [1.82, 2.24) is 10.2 Å². The summed E-state index contributed by atoms with van der Waals surface area (Å²) in [5.74, 6) is -0.728. The van der Waals surface area contributed by atoms with Gasteiger partial charge in [-0.15, -0.1) is 0 Å². The first-order valence-corrected chi connectivity index (χ1v) is 6.81. The summed E-state index contributed by atoms with van der Waals surface area (Å²) in [6.07, 6.45) is 5.87. The number of hydrogen-bond acceptors (Lipinski definition) is 3. The van der Waals surface area contributed by atoms with Gasteiger partial charge >= 0.3 is 5.97 Å². The zero-order valence-corrected chi connectivity index (χ0v) is 11.1. The molecule has 0 aromatic carbocycles. The van der Waals surface area contributed by atoms with E-state index in [1.54, 1.807) is 0 Å². The Morgan fingerprint density at radius 2 is 1.82 bits per heavy atom. The first-order chi connectivity index (χ1) is 8.09. The molecule has 2 N–H and O–H groups in total. The van der Waals surface area contributed by atoms with Crippen molar-refractivity contribution in [2.45, 2.75) is 58.0 Å². The third-order valence-corrected chi connectivity index (χ3v) is 3.27. The van der Waals surface area contributed by atoms with Crippen LogP contribution in [0.2, 0.25) is 0 Å². The first kappa shape index (κ1) is 14.5. The molecular formula is C13H26N2O2. The molecule has 0 amide bonds. The van der Waals surface area contributed by atoms with Gasteiger partial charge in [-0.25, -0.2) is 0 Å². The third-order valence-electron chi connectivity index (χ3n) is 3.27. The Hall–Kier alpha value is -0.610. The Kier molecular flexibility index (Phi) is 6.52. The summed E-state index contributed by atoms with van der Waals surface area (Å²) in [4.78, 5) is 13.5. The van der Waals surface area contributed by atoms with Crippen LogP contribution in [0.25, 0.3) is 0 Å². The molecule has 1 unspecified atom stereocenters. The van der Waals surface area contributed by atoms with Crippen LogP contribution in [0.15, 0.2) is 0 Å². The van der Waals surface area contributed by atoms with E-state index in [1.807, 2.05) is 13.8 Å². The Balaban J connectivity index is 2.31. The highest BCUT2D eigenvalue weighted by molar-refractivity contribution is 5.73. The van der Waals surface area contributed by atoms with Crippen LogP contribution in [0.4, 0.5) is 0 Å². The molecule has 1 saturated heterocycles. The van der Waals surface area contributed by atoms with Crippen LogP contribution < -0.4 is 5.32 Å². The molecule has 0 spiro atoms. The highest BCUT2D eigenvalue weighted by atomic mass is 16.4. The average Bonchev–Trinajstić information content (AvgIpc) is 2.51. The lowest BCUT2D eigenvalue weighted by molar-refractivity contribution is -0.139. The molecule has 4 nitrogen and oxygen atoms in total. The second-order valence-corrected chi connectivity index (χ2v) is 5.26. The van der Waals surface area contributed by atoms with Gasteiger partial charge in [0, 0.05) is 12.6 Å². The van der Waals surface area contributed by atoms with E-state index in [1.165, 1.54) is 25.7 Å². The van der Waals surface area contributed by atoms with E-state index >= 15 is 0 Å². The zero-order valence-electron chi connectivity index (χ0n) is 11.1. The van der Waals surface area contributed by atoms with Gasteiger partial charge in [0.1, 0.15) is 6.04 Å². The third kappa shape index (κ3) is 6.03. The Labute approximate surface area is 104 Å². The van der Waals surface area contributed by atoms with Gasteiger partial charge in [-0.2, -0.15) is 0 Å². The summed E-state index contributed by atoms with van der Waals surface area (Å²) in [7, 11) is 0. The number of rotatable bonds is 6. The molecule has 0 radical (unpaired) electrons. The lowest BCUT2D eigenvalue weighted by atomic mass is 10.1. The maximum Gasteiger partial charge on any atom is 0.320 e. The Morgan fingerprint density at radius 3 is 2.29 bits per heavy atom. The molecule has 17 heavy (non-hydrogen) atoms. The predicted molar refractivity (Wildman–Crippen MR) is 69.2 cm³/mol. The van der Waals surface area contributed by atoms with Gasteiger partial charge in [0.25, 0.3) is 0 Å². The van der Waals surface area contributed by atoms with Crippen LogP contribution in [-0.2, 0) is 4.79 Å². The number of carbonyl (C=O) groups is 1. The second kappa shape index (κ2) is 7.67. The summed E-state index contributed by atoms with van der Waals surface area (Å²) in [5.41, 5.74) is 0. The normalized spacial score (nSPS) is 20.2. The van der Waals surface area contributed by atoms with Gasteiger partial charge in [0.2, 0.25) is 0 Å². The van der Waals surface area contributed by atoms with Crippen LogP contribution >= 0.6 is 0 Å². The molecule has 1 heterocycles. The van der Waals surface area contributed by atoms with Crippen molar-refractivity contribution in [3.8, 4) is 0 Å². The minimum absolute atomic E-state index is 0.222. The fraction of sp³-hybridized carbons (Fsp3) is 0.923. The highest BCUT2D eigenvalue weighted by Gasteiger charge is 2.19. The summed E-state index contributed by atoms with van der Waals surface area (Å²) in [6.45, 7) is 7.14. The van der Waals surface area contributed by atoms with E-state index in [0.29, 0.717) is 6.42 Å². The molecule has 0 aromatic rings. The fourth-order valence-electron chi connectivity index (χ4n) is 2.35. The molecule has 1 aliphatic rings. The largest absolute Gasteiger partial charge is 0.480 e. The Morgan fingerprint density at radius 1 is 1.24 bits per heavy atom. The van der Waals surface area contributed by atoms with E-state index in [2.05, 4.69) is 10.2 Å². The number of hydrogen-bond donors (Lipinski definition) is 2. The van der Waals surface area contributed by atoms with Crippen molar-refractivity contribution in [2.75, 3.05) is 19.6 Å². The van der Waals surface area contributed by atoms with Crippen LogP contribution in [-0.4, -0.2) is 47.7 Å². The molecule has 100 valence electrons. The minimum atomic E-state index is -0.728. The SMILES string of the molecule is CC(C)NC(CCN1CCCCCC1)C(=O)O. The summed E-state index contributed by atoms with van der Waals surface area (Å²) >= 11 is 0. The summed E-state index contributed by atoms with van der Waals surface area (Å²) < 4.78 is 0. The molecule has 1 aliphatic heterocycles. The number of likely N-dealkylation sites (tertiary alicyclic amines) is 1. The quantitative estimate of drug-likeness (QED) is 0.744. The van der Waals surface area contributed by atoms with Crippen LogP contribution in [0.3, 0.4) is 0 Å². The van der Waals surface area contributed by atoms with Gasteiger partial charge in [-0.05, 0) is 32.4 Å². The summed E-state index contributed by atoms with van der Waals surface area (Å²) in [6, 6.07) is -0.182. The van der Waals surface area contributed by atoms with Crippen molar-refractivity contribution < 1.29 is 9.90 Å². The number of carboxylic acids is 1. The van der Waals surface area contributed by atoms with Crippen LogP contribution in [0, 0.1) is 0 Å². The van der Waals surface area contributed by atoms with E-state index in [9.17, 15) is 4.79 Å². The molecule has 4 heteroatoms. The zero-order chi connectivity index (χ0) is 12.7. The average molecular weight is 242 g/mol. The van der Waals surface area contributed by atoms with Crippen molar-refractivity contribution in [1.29, 1.82) is 0 Å². The predicted octanol–water partition coefficient (Wildman–Crippen LogP) is 1.70. The van der Waals surface area contributed by atoms with Crippen molar-refractivity contribution in [3.05, 3.63) is 0 Å². The highest BCUT2D eigenvalue weighted by Crippen LogP contribution is 2.10. The smallest absolute Gasteiger partial charge is 0.320 e. The molecule has 1 atom stereocenters. The topological polar surface area (TPSA) is 52.6 Å². The minimum Gasteiger partial charge on any atom is -0.480 e. The van der Waals surface area contributed by atoms with E-state index in [0.717, 1.165) is 19.6 Å². The van der Waals surface area contributed by atoms with Crippen LogP contribution in [0.5, 0.6) is 0 Å². The maximum atomic E-state index is 11.1. The first-order valence-electron chi connectivity index (χ1n) is 6.81. The van der Waals surface area contributed by atoms with Gasteiger partial charge in [-0.1, -0.05) is 26.7 Å². The fourth-order valence-corrected chi connectivity index (χ4v) is 2.35. The van der Waals surface area contributed by atoms with Gasteiger partial charge in [0.05, 0.1) is 0 Å². The molecule has 0 saturated carbocycles. The van der Waals surface area contributed by atoms with Crippen molar-refractivity contribution in [3.63, 3.8) is 0 Å². The molecule has 1 rings (SSSR count). The van der Waals surface area contributed by atoms with Crippen molar-refractivity contribution >= 4 is 5.97 Å². The van der Waals surface area contributed by atoms with Crippen LogP contribution in [0.1, 0.15) is 46.0 Å². The van der Waals surface area contributed by atoms with E-state index < -0.39 is 12.0 Å². The lowest BCUT2D eigenvalue weighted by Crippen LogP contribution is -2.43. The Bertz CT molecular complexity index is 223. The molecular weight excluding hydrogens is 216 g/mol. The molecule has 0 aliphatic carbocycles. The van der Waals surface area contributed by atoms with Gasteiger partial charge < -0.3 is 15.3 Å².